The highest BCUT2D eigenvalue weighted by Crippen LogP contribution is 2.30. The summed E-state index contributed by atoms with van der Waals surface area (Å²) in [5.74, 6) is -2.28. The molecular formula is C10H13NO4. The second kappa shape index (κ2) is 3.66. The van der Waals surface area contributed by atoms with Crippen molar-refractivity contribution in [1.82, 2.24) is 4.90 Å². The molecule has 1 fully saturated rings. The first-order chi connectivity index (χ1) is 7.08. The Bertz CT molecular complexity index is 336. The maximum atomic E-state index is 10.9. The van der Waals surface area contributed by atoms with Crippen molar-refractivity contribution >= 4 is 11.9 Å². The van der Waals surface area contributed by atoms with Gasteiger partial charge in [-0.1, -0.05) is 6.08 Å². The lowest BCUT2D eigenvalue weighted by Gasteiger charge is -2.39. The average Bonchev–Trinajstić information content (AvgIpc) is 2.16. The van der Waals surface area contributed by atoms with Gasteiger partial charge >= 0.3 is 11.9 Å². The number of nitrogens with zero attached hydrogens (tertiary/aromatic N) is 1. The lowest BCUT2D eigenvalue weighted by molar-refractivity contribution is -0.145. The van der Waals surface area contributed by atoms with Crippen LogP contribution in [-0.4, -0.2) is 46.7 Å². The molecule has 0 aliphatic carbocycles. The van der Waals surface area contributed by atoms with Crippen molar-refractivity contribution < 1.29 is 19.8 Å². The summed E-state index contributed by atoms with van der Waals surface area (Å²) >= 11 is 0. The predicted molar refractivity (Wildman–Crippen MR) is 51.4 cm³/mol. The van der Waals surface area contributed by atoms with Gasteiger partial charge in [-0.05, 0) is 6.42 Å². The largest absolute Gasteiger partial charge is 0.481 e. The van der Waals surface area contributed by atoms with Crippen molar-refractivity contribution in [3.63, 3.8) is 0 Å². The van der Waals surface area contributed by atoms with E-state index in [9.17, 15) is 9.59 Å². The Balaban J connectivity index is 2.17. The Labute approximate surface area is 87.0 Å². The fraction of sp³-hybridized carbons (Fsp3) is 0.600. The monoisotopic (exact) mass is 211 g/mol. The summed E-state index contributed by atoms with van der Waals surface area (Å²) in [4.78, 5) is 23.8. The van der Waals surface area contributed by atoms with Gasteiger partial charge in [-0.3, -0.25) is 9.69 Å². The fourth-order valence-electron chi connectivity index (χ4n) is 2.40. The van der Waals surface area contributed by atoms with Crippen LogP contribution in [0.1, 0.15) is 6.42 Å². The number of carboxylic acids is 2. The predicted octanol–water partition coefficient (Wildman–Crippen LogP) is 0.0337. The number of rotatable bonds is 2. The molecule has 82 valence electrons. The first-order valence-electron chi connectivity index (χ1n) is 4.96. The molecule has 0 aromatic heterocycles. The second-order valence-corrected chi connectivity index (χ2v) is 4.15. The van der Waals surface area contributed by atoms with E-state index in [-0.39, 0.29) is 5.92 Å². The minimum atomic E-state index is -0.911. The van der Waals surface area contributed by atoms with E-state index in [1.165, 1.54) is 0 Å². The molecule has 2 aliphatic rings. The molecule has 2 N–H and O–H groups in total. The maximum absolute atomic E-state index is 10.9. The van der Waals surface area contributed by atoms with Gasteiger partial charge in [0.1, 0.15) is 0 Å². The Morgan fingerprint density at radius 2 is 2.07 bits per heavy atom. The summed E-state index contributed by atoms with van der Waals surface area (Å²) in [6, 6.07) is 0. The zero-order valence-corrected chi connectivity index (χ0v) is 8.22. The molecule has 1 saturated heterocycles. The number of carbonyl (C=O) groups is 2. The maximum Gasteiger partial charge on any atom is 0.331 e. The van der Waals surface area contributed by atoms with Crippen molar-refractivity contribution in [2.45, 2.75) is 6.42 Å². The first-order valence-corrected chi connectivity index (χ1v) is 4.96. The third kappa shape index (κ3) is 1.87. The molecule has 0 radical (unpaired) electrons. The van der Waals surface area contributed by atoms with Crippen LogP contribution in [0, 0.1) is 11.8 Å². The summed E-state index contributed by atoms with van der Waals surface area (Å²) in [6.07, 6.45) is 2.15. The van der Waals surface area contributed by atoms with E-state index in [0.29, 0.717) is 31.6 Å². The van der Waals surface area contributed by atoms with Crippen LogP contribution >= 0.6 is 0 Å². The van der Waals surface area contributed by atoms with Crippen molar-refractivity contribution in [3.8, 4) is 0 Å². The van der Waals surface area contributed by atoms with E-state index in [2.05, 4.69) is 0 Å². The van der Waals surface area contributed by atoms with Gasteiger partial charge in [0, 0.05) is 31.1 Å². The highest BCUT2D eigenvalue weighted by molar-refractivity contribution is 5.87. The molecule has 0 saturated carbocycles. The van der Waals surface area contributed by atoms with Gasteiger partial charge in [0.15, 0.2) is 0 Å². The topological polar surface area (TPSA) is 77.8 Å². The van der Waals surface area contributed by atoms with E-state index in [4.69, 9.17) is 10.2 Å². The molecule has 3 atom stereocenters. The van der Waals surface area contributed by atoms with E-state index in [0.717, 1.165) is 0 Å². The van der Waals surface area contributed by atoms with Gasteiger partial charge in [0.05, 0.1) is 5.92 Å². The lowest BCUT2D eigenvalue weighted by Crippen LogP contribution is -2.47. The van der Waals surface area contributed by atoms with Gasteiger partial charge in [-0.25, -0.2) is 4.79 Å². The third-order valence-electron chi connectivity index (χ3n) is 3.13. The van der Waals surface area contributed by atoms with Crippen LogP contribution in [-0.2, 0) is 9.59 Å². The van der Waals surface area contributed by atoms with Crippen LogP contribution < -0.4 is 0 Å². The molecule has 5 nitrogen and oxygen atoms in total. The molecule has 0 aromatic carbocycles. The summed E-state index contributed by atoms with van der Waals surface area (Å²) in [6.45, 7) is 1.78. The van der Waals surface area contributed by atoms with Crippen LogP contribution in [0.5, 0.6) is 0 Å². The fourth-order valence-corrected chi connectivity index (χ4v) is 2.40. The zero-order chi connectivity index (χ0) is 11.0. The molecule has 3 unspecified atom stereocenters. The van der Waals surface area contributed by atoms with Crippen molar-refractivity contribution in [2.24, 2.45) is 11.8 Å². The standard InChI is InChI=1S/C10H13NO4/c12-9(13)7-3-6-4-11(5-7)2-1-8(6)10(14)15/h1,6-7H,2-5H2,(H,12,13)(H,14,15). The van der Waals surface area contributed by atoms with Crippen LogP contribution in [0.2, 0.25) is 0 Å². The number of carboxylic acid groups (broad SMARTS) is 2. The van der Waals surface area contributed by atoms with Gasteiger partial charge < -0.3 is 10.2 Å². The number of piperidine rings is 1. The second-order valence-electron chi connectivity index (χ2n) is 4.15. The molecule has 2 bridgehead atoms. The number of fused-ring (bicyclic) bond motifs is 2. The van der Waals surface area contributed by atoms with Crippen molar-refractivity contribution in [3.05, 3.63) is 11.6 Å². The molecule has 2 aliphatic heterocycles. The minimum Gasteiger partial charge on any atom is -0.481 e. The number of aliphatic carboxylic acids is 2. The van der Waals surface area contributed by atoms with Crippen LogP contribution in [0.4, 0.5) is 0 Å². The van der Waals surface area contributed by atoms with Gasteiger partial charge in [-0.15, -0.1) is 0 Å². The third-order valence-corrected chi connectivity index (χ3v) is 3.13. The van der Waals surface area contributed by atoms with Crippen LogP contribution in [0.3, 0.4) is 0 Å². The molecule has 0 amide bonds. The molecule has 0 spiro atoms. The normalized spacial score (nSPS) is 34.4. The van der Waals surface area contributed by atoms with Gasteiger partial charge in [0.2, 0.25) is 0 Å². The SMILES string of the molecule is O=C(O)C1=CCN2CC(C(=O)O)CC1C2. The Kier molecular flexibility index (Phi) is 2.48. The Morgan fingerprint density at radius 1 is 1.33 bits per heavy atom. The van der Waals surface area contributed by atoms with Crippen LogP contribution in [0.15, 0.2) is 11.6 Å². The minimum absolute atomic E-state index is 0.119. The lowest BCUT2D eigenvalue weighted by atomic mass is 9.82. The number of hydrogen-bond donors (Lipinski definition) is 2. The number of hydrogen-bond acceptors (Lipinski definition) is 3. The van der Waals surface area contributed by atoms with E-state index in [1.807, 2.05) is 4.90 Å². The zero-order valence-electron chi connectivity index (χ0n) is 8.22. The quantitative estimate of drug-likeness (QED) is 0.674. The first kappa shape index (κ1) is 10.2. The Morgan fingerprint density at radius 3 is 2.67 bits per heavy atom. The van der Waals surface area contributed by atoms with Gasteiger partial charge in [-0.2, -0.15) is 0 Å². The summed E-state index contributed by atoms with van der Waals surface area (Å²) in [5, 5.41) is 17.9. The van der Waals surface area contributed by atoms with Gasteiger partial charge in [0.25, 0.3) is 0 Å². The molecule has 0 aromatic rings. The summed E-state index contributed by atoms with van der Waals surface area (Å²) in [5.41, 5.74) is 0.386. The molecule has 2 rings (SSSR count). The smallest absolute Gasteiger partial charge is 0.331 e. The molecular weight excluding hydrogens is 198 g/mol. The average molecular weight is 211 g/mol. The van der Waals surface area contributed by atoms with E-state index < -0.39 is 17.9 Å². The molecule has 5 heteroatoms. The molecule has 15 heavy (non-hydrogen) atoms. The highest BCUT2D eigenvalue weighted by atomic mass is 16.4. The van der Waals surface area contributed by atoms with E-state index >= 15 is 0 Å². The molecule has 2 heterocycles. The summed E-state index contributed by atoms with van der Waals surface area (Å²) < 4.78 is 0. The highest BCUT2D eigenvalue weighted by Gasteiger charge is 2.37. The summed E-state index contributed by atoms with van der Waals surface area (Å²) in [7, 11) is 0. The van der Waals surface area contributed by atoms with Crippen LogP contribution in [0.25, 0.3) is 0 Å². The van der Waals surface area contributed by atoms with Crippen molar-refractivity contribution in [1.29, 1.82) is 0 Å². The van der Waals surface area contributed by atoms with E-state index in [1.54, 1.807) is 6.08 Å². The van der Waals surface area contributed by atoms with Crippen molar-refractivity contribution in [2.75, 3.05) is 19.6 Å². The Hall–Kier alpha value is -1.36.